The van der Waals surface area contributed by atoms with Crippen molar-refractivity contribution >= 4 is 11.8 Å². The van der Waals surface area contributed by atoms with Crippen molar-refractivity contribution in [3.8, 4) is 16.9 Å². The lowest BCUT2D eigenvalue weighted by Gasteiger charge is -2.19. The molecule has 0 radical (unpaired) electrons. The molecule has 2 aromatic carbocycles. The highest BCUT2D eigenvalue weighted by Crippen LogP contribution is 2.30. The Morgan fingerprint density at radius 1 is 1.27 bits per heavy atom. The first kappa shape index (κ1) is 18.2. The van der Waals surface area contributed by atoms with E-state index in [1.807, 2.05) is 42.5 Å². The zero-order valence-electron chi connectivity index (χ0n) is 15.0. The average Bonchev–Trinajstić information content (AvgIpc) is 3.07. The maximum Gasteiger partial charge on any atom is 0.411 e. The highest BCUT2D eigenvalue weighted by molar-refractivity contribution is 5.91. The summed E-state index contributed by atoms with van der Waals surface area (Å²) in [5.74, 6) is 5.79. The molecule has 6 heteroatoms. The second kappa shape index (κ2) is 8.69. The number of para-hydroxylation sites is 1. The largest absolute Gasteiger partial charge is 0.449 e. The number of nitrogens with one attached hydrogen (secondary N) is 1. The minimum absolute atomic E-state index is 0.416. The Hall–Kier alpha value is -2.57. The quantitative estimate of drug-likeness (QED) is 0.774. The molecule has 1 atom stereocenters. The van der Waals surface area contributed by atoms with Crippen molar-refractivity contribution in [1.29, 1.82) is 0 Å². The average molecular weight is 355 g/mol. The van der Waals surface area contributed by atoms with E-state index in [2.05, 4.69) is 17.3 Å². The van der Waals surface area contributed by atoms with Gasteiger partial charge in [-0.05, 0) is 56.6 Å². The molecule has 2 aromatic rings. The van der Waals surface area contributed by atoms with Crippen molar-refractivity contribution < 1.29 is 14.4 Å². The number of carbonyl (C=O) groups is 1. The van der Waals surface area contributed by atoms with Crippen molar-refractivity contribution in [2.24, 2.45) is 5.90 Å². The number of benzene rings is 2. The third-order valence-electron chi connectivity index (χ3n) is 4.80. The molecule has 0 aromatic heterocycles. The summed E-state index contributed by atoms with van der Waals surface area (Å²) in [5.41, 5.74) is 2.46. The van der Waals surface area contributed by atoms with E-state index in [4.69, 9.17) is 15.5 Å². The van der Waals surface area contributed by atoms with E-state index in [9.17, 15) is 4.79 Å². The van der Waals surface area contributed by atoms with Crippen LogP contribution in [0.15, 0.2) is 48.5 Å². The Labute approximate surface area is 153 Å². The Morgan fingerprint density at radius 2 is 2.12 bits per heavy atom. The highest BCUT2D eigenvalue weighted by Gasteiger charge is 2.20. The van der Waals surface area contributed by atoms with Crippen LogP contribution in [0.5, 0.6) is 5.75 Å². The number of likely N-dealkylation sites (tertiary alicyclic amines) is 1. The standard InChI is InChI=1S/C20H25N3O3/c1-23-12-5-7-16(23)11-13-25-20(24)22-19-10-3-2-9-18(19)15-6-4-8-17(14-15)26-21/h2-4,6,8-10,14,16H,5,7,11-13,21H2,1H3,(H,22,24). The van der Waals surface area contributed by atoms with Crippen LogP contribution in [0.2, 0.25) is 0 Å². The van der Waals surface area contributed by atoms with Gasteiger partial charge in [-0.3, -0.25) is 5.32 Å². The summed E-state index contributed by atoms with van der Waals surface area (Å²) in [6.45, 7) is 1.54. The van der Waals surface area contributed by atoms with Crippen molar-refractivity contribution in [1.82, 2.24) is 4.90 Å². The van der Waals surface area contributed by atoms with Crippen molar-refractivity contribution in [3.05, 3.63) is 48.5 Å². The number of carbonyl (C=O) groups excluding carboxylic acids is 1. The number of nitrogens with zero attached hydrogens (tertiary/aromatic N) is 1. The molecule has 1 heterocycles. The van der Waals surface area contributed by atoms with E-state index in [1.165, 1.54) is 12.8 Å². The van der Waals surface area contributed by atoms with Crippen LogP contribution in [-0.4, -0.2) is 37.2 Å². The number of rotatable bonds is 6. The molecule has 1 unspecified atom stereocenters. The Morgan fingerprint density at radius 3 is 2.88 bits per heavy atom. The fourth-order valence-electron chi connectivity index (χ4n) is 3.36. The van der Waals surface area contributed by atoms with Gasteiger partial charge in [0.1, 0.15) is 5.75 Å². The lowest BCUT2D eigenvalue weighted by atomic mass is 10.0. The van der Waals surface area contributed by atoms with Gasteiger partial charge in [0, 0.05) is 11.6 Å². The van der Waals surface area contributed by atoms with Crippen molar-refractivity contribution in [2.75, 3.05) is 25.5 Å². The molecule has 6 nitrogen and oxygen atoms in total. The van der Waals surface area contributed by atoms with E-state index < -0.39 is 6.09 Å². The normalized spacial score (nSPS) is 17.1. The second-order valence-corrected chi connectivity index (χ2v) is 6.52. The minimum atomic E-state index is -0.440. The van der Waals surface area contributed by atoms with Crippen LogP contribution in [-0.2, 0) is 4.74 Å². The fraction of sp³-hybridized carbons (Fsp3) is 0.350. The summed E-state index contributed by atoms with van der Waals surface area (Å²) in [6.07, 6.45) is 2.81. The predicted molar refractivity (Wildman–Crippen MR) is 102 cm³/mol. The molecule has 26 heavy (non-hydrogen) atoms. The van der Waals surface area contributed by atoms with E-state index >= 15 is 0 Å². The van der Waals surface area contributed by atoms with Crippen LogP contribution in [0.4, 0.5) is 10.5 Å². The summed E-state index contributed by atoms with van der Waals surface area (Å²) in [5, 5.41) is 2.84. The molecular weight excluding hydrogens is 330 g/mol. The van der Waals surface area contributed by atoms with Gasteiger partial charge in [0.25, 0.3) is 0 Å². The molecule has 0 saturated carbocycles. The van der Waals surface area contributed by atoms with Crippen LogP contribution >= 0.6 is 0 Å². The summed E-state index contributed by atoms with van der Waals surface area (Å²) in [4.78, 5) is 19.3. The third kappa shape index (κ3) is 4.53. The molecule has 1 aliphatic rings. The van der Waals surface area contributed by atoms with Gasteiger partial charge in [-0.25, -0.2) is 4.79 Å². The first-order chi connectivity index (χ1) is 12.7. The SMILES string of the molecule is CN1CCCC1CCOC(=O)Nc1ccccc1-c1cccc(ON)c1. The molecule has 3 N–H and O–H groups in total. The van der Waals surface area contributed by atoms with E-state index in [0.29, 0.717) is 24.1 Å². The molecular formula is C20H25N3O3. The van der Waals surface area contributed by atoms with Gasteiger partial charge in [-0.2, -0.15) is 5.90 Å². The van der Waals surface area contributed by atoms with Crippen molar-refractivity contribution in [2.45, 2.75) is 25.3 Å². The van der Waals surface area contributed by atoms with Crippen molar-refractivity contribution in [3.63, 3.8) is 0 Å². The molecule has 138 valence electrons. The number of anilines is 1. The minimum Gasteiger partial charge on any atom is -0.449 e. The predicted octanol–water partition coefficient (Wildman–Crippen LogP) is 3.64. The number of amides is 1. The third-order valence-corrected chi connectivity index (χ3v) is 4.80. The molecule has 1 aliphatic heterocycles. The summed E-state index contributed by atoms with van der Waals surface area (Å²) in [7, 11) is 2.12. The molecule has 3 rings (SSSR count). The van der Waals surface area contributed by atoms with Crippen LogP contribution in [0, 0.1) is 0 Å². The smallest absolute Gasteiger partial charge is 0.411 e. The van der Waals surface area contributed by atoms with Crippen LogP contribution in [0.3, 0.4) is 0 Å². The Bertz CT molecular complexity index is 751. The van der Waals surface area contributed by atoms with Gasteiger partial charge in [-0.15, -0.1) is 0 Å². The first-order valence-electron chi connectivity index (χ1n) is 8.87. The van der Waals surface area contributed by atoms with Gasteiger partial charge >= 0.3 is 6.09 Å². The molecule has 0 spiro atoms. The van der Waals surface area contributed by atoms with Crippen LogP contribution in [0.1, 0.15) is 19.3 Å². The van der Waals surface area contributed by atoms with Gasteiger partial charge in [0.15, 0.2) is 0 Å². The van der Waals surface area contributed by atoms with Crippen LogP contribution < -0.4 is 16.1 Å². The number of hydrogen-bond donors (Lipinski definition) is 2. The summed E-state index contributed by atoms with van der Waals surface area (Å²) < 4.78 is 5.37. The fourth-order valence-corrected chi connectivity index (χ4v) is 3.36. The Balaban J connectivity index is 1.61. The lowest BCUT2D eigenvalue weighted by Crippen LogP contribution is -2.27. The first-order valence-corrected chi connectivity index (χ1v) is 8.87. The number of ether oxygens (including phenoxy) is 1. The summed E-state index contributed by atoms with van der Waals surface area (Å²) >= 11 is 0. The number of nitrogens with two attached hydrogens (primary N) is 1. The molecule has 1 amide bonds. The van der Waals surface area contributed by atoms with Gasteiger partial charge in [0.2, 0.25) is 0 Å². The number of hydrogen-bond acceptors (Lipinski definition) is 5. The Kier molecular flexibility index (Phi) is 6.09. The highest BCUT2D eigenvalue weighted by atomic mass is 16.6. The van der Waals surface area contributed by atoms with E-state index in [1.54, 1.807) is 6.07 Å². The molecule has 1 fully saturated rings. The zero-order valence-corrected chi connectivity index (χ0v) is 15.0. The zero-order chi connectivity index (χ0) is 18.4. The topological polar surface area (TPSA) is 76.8 Å². The maximum absolute atomic E-state index is 12.2. The summed E-state index contributed by atoms with van der Waals surface area (Å²) in [6, 6.07) is 15.4. The monoisotopic (exact) mass is 355 g/mol. The lowest BCUT2D eigenvalue weighted by molar-refractivity contribution is 0.147. The van der Waals surface area contributed by atoms with E-state index in [0.717, 1.165) is 24.1 Å². The second-order valence-electron chi connectivity index (χ2n) is 6.52. The van der Waals surface area contributed by atoms with Gasteiger partial charge < -0.3 is 14.5 Å². The maximum atomic E-state index is 12.2. The molecule has 0 bridgehead atoms. The van der Waals surface area contributed by atoms with Crippen LogP contribution in [0.25, 0.3) is 11.1 Å². The van der Waals surface area contributed by atoms with E-state index in [-0.39, 0.29) is 0 Å². The van der Waals surface area contributed by atoms with Gasteiger partial charge in [-0.1, -0.05) is 30.3 Å². The molecule has 1 saturated heterocycles. The molecule has 0 aliphatic carbocycles. The van der Waals surface area contributed by atoms with Gasteiger partial charge in [0.05, 0.1) is 12.3 Å².